The van der Waals surface area contributed by atoms with Gasteiger partial charge in [-0.3, -0.25) is 4.90 Å². The maximum absolute atomic E-state index is 5.41. The van der Waals surface area contributed by atoms with E-state index in [1.807, 2.05) is 0 Å². The summed E-state index contributed by atoms with van der Waals surface area (Å²) < 4.78 is 0. The Morgan fingerprint density at radius 3 is 2.90 bits per heavy atom. The van der Waals surface area contributed by atoms with Crippen molar-refractivity contribution in [3.8, 4) is 0 Å². The van der Waals surface area contributed by atoms with E-state index in [0.29, 0.717) is 4.95 Å². The summed E-state index contributed by atoms with van der Waals surface area (Å²) in [7, 11) is 0. The molecule has 1 atom stereocenters. The van der Waals surface area contributed by atoms with Crippen LogP contribution in [0.3, 0.4) is 0 Å². The summed E-state index contributed by atoms with van der Waals surface area (Å²) in [6, 6.07) is 0. The van der Waals surface area contributed by atoms with Gasteiger partial charge in [0.1, 0.15) is 0 Å². The molecular formula is C7H15BrN2. The number of likely N-dealkylation sites (tertiary alicyclic amines) is 1. The lowest BCUT2D eigenvalue weighted by molar-refractivity contribution is 0.319. The molecule has 0 saturated carbocycles. The first-order valence-electron chi connectivity index (χ1n) is 3.93. The molecule has 0 radical (unpaired) electrons. The first-order valence-corrected chi connectivity index (χ1v) is 4.84. The molecule has 10 heavy (non-hydrogen) atoms. The Morgan fingerprint density at radius 2 is 2.40 bits per heavy atom. The molecule has 1 unspecified atom stereocenters. The summed E-state index contributed by atoms with van der Waals surface area (Å²) in [6.45, 7) is 3.22. The van der Waals surface area contributed by atoms with Crippen molar-refractivity contribution in [2.45, 2.75) is 24.2 Å². The first kappa shape index (κ1) is 8.50. The van der Waals surface area contributed by atoms with Gasteiger partial charge in [-0.2, -0.15) is 0 Å². The van der Waals surface area contributed by atoms with Gasteiger partial charge in [0.25, 0.3) is 0 Å². The molecule has 0 aromatic rings. The van der Waals surface area contributed by atoms with E-state index in [1.165, 1.54) is 19.4 Å². The van der Waals surface area contributed by atoms with Crippen LogP contribution in [0, 0.1) is 0 Å². The van der Waals surface area contributed by atoms with E-state index in [4.69, 9.17) is 5.73 Å². The molecule has 2 nitrogen and oxygen atoms in total. The van der Waals surface area contributed by atoms with E-state index in [-0.39, 0.29) is 0 Å². The number of alkyl halides is 1. The highest BCUT2D eigenvalue weighted by atomic mass is 79.9. The second-order valence-electron chi connectivity index (χ2n) is 2.75. The molecule has 0 bridgehead atoms. The predicted molar refractivity (Wildman–Crippen MR) is 47.2 cm³/mol. The van der Waals surface area contributed by atoms with Crippen molar-refractivity contribution in [2.24, 2.45) is 5.73 Å². The van der Waals surface area contributed by atoms with E-state index in [2.05, 4.69) is 20.8 Å². The number of hydrogen-bond acceptors (Lipinski definition) is 2. The fraction of sp³-hybridized carbons (Fsp3) is 1.00. The Labute approximate surface area is 70.9 Å². The molecule has 1 heterocycles. The average Bonchev–Trinajstić information content (AvgIpc) is 2.31. The standard InChI is InChI=1S/C7H15BrN2/c8-7-3-1-5-10(7)6-2-4-9/h7H,1-6,9H2. The van der Waals surface area contributed by atoms with Crippen molar-refractivity contribution in [1.29, 1.82) is 0 Å². The van der Waals surface area contributed by atoms with Gasteiger partial charge in [-0.1, -0.05) is 15.9 Å². The summed E-state index contributed by atoms with van der Waals surface area (Å²) in [5, 5.41) is 0. The van der Waals surface area contributed by atoms with Crippen molar-refractivity contribution in [3.63, 3.8) is 0 Å². The van der Waals surface area contributed by atoms with Crippen molar-refractivity contribution >= 4 is 15.9 Å². The molecule has 1 saturated heterocycles. The van der Waals surface area contributed by atoms with Crippen LogP contribution in [0.15, 0.2) is 0 Å². The highest BCUT2D eigenvalue weighted by Gasteiger charge is 2.20. The highest BCUT2D eigenvalue weighted by Crippen LogP contribution is 2.21. The zero-order valence-electron chi connectivity index (χ0n) is 6.22. The predicted octanol–water partition coefficient (Wildman–Crippen LogP) is 1.15. The van der Waals surface area contributed by atoms with Gasteiger partial charge in [0.2, 0.25) is 0 Å². The molecule has 3 heteroatoms. The Hall–Kier alpha value is 0.400. The minimum Gasteiger partial charge on any atom is -0.330 e. The summed E-state index contributed by atoms with van der Waals surface area (Å²) in [4.78, 5) is 3.08. The van der Waals surface area contributed by atoms with Gasteiger partial charge in [0.15, 0.2) is 0 Å². The monoisotopic (exact) mass is 206 g/mol. The van der Waals surface area contributed by atoms with Gasteiger partial charge in [-0.15, -0.1) is 0 Å². The third-order valence-electron chi connectivity index (χ3n) is 1.93. The number of rotatable bonds is 3. The summed E-state index contributed by atoms with van der Waals surface area (Å²) >= 11 is 3.62. The van der Waals surface area contributed by atoms with Crippen LogP contribution >= 0.6 is 15.9 Å². The lowest BCUT2D eigenvalue weighted by atomic mass is 10.4. The fourth-order valence-corrected chi connectivity index (χ4v) is 2.06. The summed E-state index contributed by atoms with van der Waals surface area (Å²) in [6.07, 6.45) is 3.76. The van der Waals surface area contributed by atoms with Crippen LogP contribution in [0.5, 0.6) is 0 Å². The maximum Gasteiger partial charge on any atom is 0.0656 e. The molecule has 2 N–H and O–H groups in total. The fourth-order valence-electron chi connectivity index (χ4n) is 1.33. The van der Waals surface area contributed by atoms with Gasteiger partial charge >= 0.3 is 0 Å². The van der Waals surface area contributed by atoms with E-state index in [9.17, 15) is 0 Å². The second kappa shape index (κ2) is 4.31. The summed E-state index contributed by atoms with van der Waals surface area (Å²) in [5.41, 5.74) is 5.41. The molecule has 0 spiro atoms. The van der Waals surface area contributed by atoms with E-state index in [0.717, 1.165) is 19.5 Å². The minimum atomic E-state index is 0.624. The zero-order chi connectivity index (χ0) is 7.40. The van der Waals surface area contributed by atoms with Crippen LogP contribution in [0.2, 0.25) is 0 Å². The largest absolute Gasteiger partial charge is 0.330 e. The molecule has 0 aliphatic carbocycles. The Morgan fingerprint density at radius 1 is 1.60 bits per heavy atom. The Bertz CT molecular complexity index is 97.6. The topological polar surface area (TPSA) is 29.3 Å². The molecular weight excluding hydrogens is 192 g/mol. The quantitative estimate of drug-likeness (QED) is 0.555. The van der Waals surface area contributed by atoms with Crippen LogP contribution in [-0.2, 0) is 0 Å². The smallest absolute Gasteiger partial charge is 0.0656 e. The van der Waals surface area contributed by atoms with Crippen molar-refractivity contribution in [2.75, 3.05) is 19.6 Å². The number of nitrogens with two attached hydrogens (primary N) is 1. The first-order chi connectivity index (χ1) is 4.84. The Balaban J connectivity index is 2.14. The SMILES string of the molecule is NCCCN1CCCC1Br. The molecule has 1 rings (SSSR count). The lowest BCUT2D eigenvalue weighted by Crippen LogP contribution is -2.27. The van der Waals surface area contributed by atoms with Gasteiger partial charge in [-0.05, 0) is 32.4 Å². The van der Waals surface area contributed by atoms with Gasteiger partial charge in [0, 0.05) is 6.54 Å². The van der Waals surface area contributed by atoms with Crippen molar-refractivity contribution in [1.82, 2.24) is 4.90 Å². The van der Waals surface area contributed by atoms with Crippen LogP contribution in [0.25, 0.3) is 0 Å². The molecule has 0 aromatic carbocycles. The molecule has 0 aromatic heterocycles. The normalized spacial score (nSPS) is 27.6. The second-order valence-corrected chi connectivity index (χ2v) is 3.81. The van der Waals surface area contributed by atoms with Gasteiger partial charge < -0.3 is 5.73 Å². The van der Waals surface area contributed by atoms with Crippen LogP contribution in [-0.4, -0.2) is 29.5 Å². The van der Waals surface area contributed by atoms with Gasteiger partial charge in [0.05, 0.1) is 4.95 Å². The molecule has 60 valence electrons. The van der Waals surface area contributed by atoms with Crippen LogP contribution in [0.4, 0.5) is 0 Å². The third kappa shape index (κ3) is 2.22. The van der Waals surface area contributed by atoms with Gasteiger partial charge in [-0.25, -0.2) is 0 Å². The average molecular weight is 207 g/mol. The maximum atomic E-state index is 5.41. The molecule has 0 amide bonds. The van der Waals surface area contributed by atoms with Crippen molar-refractivity contribution < 1.29 is 0 Å². The lowest BCUT2D eigenvalue weighted by Gasteiger charge is -2.18. The zero-order valence-corrected chi connectivity index (χ0v) is 7.81. The highest BCUT2D eigenvalue weighted by molar-refractivity contribution is 9.09. The number of halogens is 1. The van der Waals surface area contributed by atoms with Crippen LogP contribution in [0.1, 0.15) is 19.3 Å². The number of hydrogen-bond donors (Lipinski definition) is 1. The van der Waals surface area contributed by atoms with Crippen LogP contribution < -0.4 is 5.73 Å². The van der Waals surface area contributed by atoms with Crippen molar-refractivity contribution in [3.05, 3.63) is 0 Å². The third-order valence-corrected chi connectivity index (χ3v) is 2.97. The molecule has 1 aliphatic rings. The van der Waals surface area contributed by atoms with E-state index in [1.54, 1.807) is 0 Å². The molecule has 1 fully saturated rings. The minimum absolute atomic E-state index is 0.624. The number of nitrogens with zero attached hydrogens (tertiary/aromatic N) is 1. The Kier molecular flexibility index (Phi) is 3.66. The molecule has 1 aliphatic heterocycles. The van der Waals surface area contributed by atoms with E-state index >= 15 is 0 Å². The summed E-state index contributed by atoms with van der Waals surface area (Å²) in [5.74, 6) is 0. The van der Waals surface area contributed by atoms with E-state index < -0.39 is 0 Å².